The second-order valence-corrected chi connectivity index (χ2v) is 8.60. The van der Waals surface area contributed by atoms with Crippen LogP contribution >= 0.6 is 0 Å². The van der Waals surface area contributed by atoms with E-state index < -0.39 is 17.8 Å². The van der Waals surface area contributed by atoms with Gasteiger partial charge < -0.3 is 4.90 Å². The van der Waals surface area contributed by atoms with Crippen LogP contribution in [0, 0.1) is 6.92 Å². The smallest absolute Gasteiger partial charge is 0.337 e. The topological polar surface area (TPSA) is 68.3 Å². The van der Waals surface area contributed by atoms with E-state index in [0.717, 1.165) is 34.3 Å². The number of rotatable bonds is 5. The number of nitrogens with zero attached hydrogens (tertiary/aromatic N) is 6. The third kappa shape index (κ3) is 4.08. The number of aromatic nitrogens is 5. The maximum absolute atomic E-state index is 14.1. The van der Waals surface area contributed by atoms with Crippen LogP contribution in [-0.2, 0) is 19.3 Å². The molecule has 184 valence electrons. The summed E-state index contributed by atoms with van der Waals surface area (Å²) in [5.74, 6) is -0.482. The molecule has 3 heterocycles. The highest BCUT2D eigenvalue weighted by Crippen LogP contribution is 2.35. The molecule has 0 spiro atoms. The summed E-state index contributed by atoms with van der Waals surface area (Å²) < 4.78 is 44.7. The van der Waals surface area contributed by atoms with Gasteiger partial charge in [0, 0.05) is 37.5 Å². The van der Waals surface area contributed by atoms with E-state index in [4.69, 9.17) is 0 Å². The molecule has 0 radical (unpaired) electrons. The minimum atomic E-state index is -4.70. The number of carbonyl (C=O) groups is 1. The van der Waals surface area contributed by atoms with Crippen molar-refractivity contribution in [2.24, 2.45) is 0 Å². The number of carbonyl (C=O) groups excluding carboxylic acids is 1. The molecule has 2 aromatic carbocycles. The number of aryl methyl sites for hydroxylation is 2. The van der Waals surface area contributed by atoms with E-state index in [1.807, 2.05) is 50.4 Å². The summed E-state index contributed by atoms with van der Waals surface area (Å²) in [6.45, 7) is 4.75. The van der Waals surface area contributed by atoms with Gasteiger partial charge in [-0.15, -0.1) is 0 Å². The Morgan fingerprint density at radius 1 is 1.11 bits per heavy atom. The van der Waals surface area contributed by atoms with Crippen LogP contribution in [0.1, 0.15) is 34.2 Å². The molecule has 0 atom stereocenters. The second-order valence-electron chi connectivity index (χ2n) is 8.60. The number of halogens is 3. The first kappa shape index (κ1) is 23.5. The van der Waals surface area contributed by atoms with Crippen LogP contribution in [0.4, 0.5) is 13.2 Å². The lowest BCUT2D eigenvalue weighted by molar-refractivity contribution is -0.142. The van der Waals surface area contributed by atoms with Crippen molar-refractivity contribution in [3.63, 3.8) is 0 Å². The van der Waals surface area contributed by atoms with E-state index in [9.17, 15) is 18.0 Å². The standard InChI is InChI=1S/C26H23F3N6O/c1-4-34-15-18(16(2)32-34)14-33(3)25(36)21-13-30-35-23(26(27,28)29)12-22(31-24(21)35)20-11-7-9-17-8-5-6-10-19(17)20/h5-13,15H,4,14H2,1-3H3. The molecular weight excluding hydrogens is 469 g/mol. The monoisotopic (exact) mass is 492 g/mol. The molecule has 5 aromatic rings. The minimum Gasteiger partial charge on any atom is -0.337 e. The summed E-state index contributed by atoms with van der Waals surface area (Å²) in [5, 5.41) is 9.92. The maximum Gasteiger partial charge on any atom is 0.433 e. The van der Waals surface area contributed by atoms with Crippen molar-refractivity contribution in [1.29, 1.82) is 0 Å². The molecule has 10 heteroatoms. The number of benzene rings is 2. The van der Waals surface area contributed by atoms with Gasteiger partial charge in [-0.1, -0.05) is 42.5 Å². The van der Waals surface area contributed by atoms with E-state index in [2.05, 4.69) is 15.2 Å². The summed E-state index contributed by atoms with van der Waals surface area (Å²) in [7, 11) is 1.59. The molecule has 0 aliphatic heterocycles. The number of alkyl halides is 3. The molecule has 5 rings (SSSR count). The quantitative estimate of drug-likeness (QED) is 0.331. The summed E-state index contributed by atoms with van der Waals surface area (Å²) in [4.78, 5) is 19.3. The van der Waals surface area contributed by atoms with Crippen molar-refractivity contribution in [3.8, 4) is 11.3 Å². The summed E-state index contributed by atoms with van der Waals surface area (Å²) in [5.41, 5.74) is 1.13. The Hall–Kier alpha value is -4.21. The molecule has 1 amide bonds. The first-order chi connectivity index (χ1) is 17.2. The minimum absolute atomic E-state index is 0.00868. The zero-order valence-corrected chi connectivity index (χ0v) is 19.9. The Balaban J connectivity index is 1.63. The fourth-order valence-electron chi connectivity index (χ4n) is 4.31. The van der Waals surface area contributed by atoms with Gasteiger partial charge in [-0.25, -0.2) is 9.50 Å². The van der Waals surface area contributed by atoms with Crippen LogP contribution in [0.25, 0.3) is 27.7 Å². The molecular formula is C26H23F3N6O. The van der Waals surface area contributed by atoms with Crippen molar-refractivity contribution in [1.82, 2.24) is 29.3 Å². The van der Waals surface area contributed by atoms with Crippen LogP contribution in [0.5, 0.6) is 0 Å². The predicted molar refractivity (Wildman–Crippen MR) is 129 cm³/mol. The van der Waals surface area contributed by atoms with Gasteiger partial charge >= 0.3 is 6.18 Å². The highest BCUT2D eigenvalue weighted by atomic mass is 19.4. The molecule has 36 heavy (non-hydrogen) atoms. The summed E-state index contributed by atoms with van der Waals surface area (Å²) in [6, 6.07) is 13.7. The van der Waals surface area contributed by atoms with Crippen LogP contribution in [0.15, 0.2) is 60.9 Å². The van der Waals surface area contributed by atoms with Crippen LogP contribution in [-0.4, -0.2) is 42.2 Å². The second kappa shape index (κ2) is 8.78. The summed E-state index contributed by atoms with van der Waals surface area (Å²) >= 11 is 0. The molecule has 0 saturated carbocycles. The third-order valence-electron chi connectivity index (χ3n) is 6.18. The third-order valence-corrected chi connectivity index (χ3v) is 6.18. The van der Waals surface area contributed by atoms with Gasteiger partial charge in [0.2, 0.25) is 0 Å². The van der Waals surface area contributed by atoms with Gasteiger partial charge in [0.15, 0.2) is 11.3 Å². The van der Waals surface area contributed by atoms with Crippen molar-refractivity contribution in [3.05, 3.63) is 83.4 Å². The van der Waals surface area contributed by atoms with Gasteiger partial charge in [0.05, 0.1) is 17.6 Å². The lowest BCUT2D eigenvalue weighted by Gasteiger charge is -2.17. The molecule has 0 aliphatic carbocycles. The Labute approximate surface area is 204 Å². The van der Waals surface area contributed by atoms with Crippen molar-refractivity contribution in [2.45, 2.75) is 33.1 Å². The highest BCUT2D eigenvalue weighted by Gasteiger charge is 2.36. The predicted octanol–water partition coefficient (Wildman–Crippen LogP) is 5.37. The Kier molecular flexibility index (Phi) is 5.74. The van der Waals surface area contributed by atoms with E-state index in [0.29, 0.717) is 16.6 Å². The Morgan fingerprint density at radius 2 is 1.86 bits per heavy atom. The lowest BCUT2D eigenvalue weighted by Crippen LogP contribution is -2.26. The maximum atomic E-state index is 14.1. The molecule has 3 aromatic heterocycles. The molecule has 0 fully saturated rings. The molecule has 7 nitrogen and oxygen atoms in total. The van der Waals surface area contributed by atoms with Gasteiger partial charge in [-0.05, 0) is 30.7 Å². The van der Waals surface area contributed by atoms with Gasteiger partial charge in [-0.3, -0.25) is 9.48 Å². The zero-order chi connectivity index (χ0) is 25.6. The number of amides is 1. The highest BCUT2D eigenvalue weighted by molar-refractivity contribution is 6.00. The number of hydrogen-bond donors (Lipinski definition) is 0. The van der Waals surface area contributed by atoms with Crippen molar-refractivity contribution >= 4 is 22.3 Å². The number of fused-ring (bicyclic) bond motifs is 2. The van der Waals surface area contributed by atoms with E-state index in [1.54, 1.807) is 23.9 Å². The fraction of sp³-hybridized carbons (Fsp3) is 0.231. The molecule has 0 bridgehead atoms. The first-order valence-corrected chi connectivity index (χ1v) is 11.4. The van der Waals surface area contributed by atoms with Gasteiger partial charge in [0.25, 0.3) is 5.91 Å². The molecule has 0 aliphatic rings. The van der Waals surface area contributed by atoms with Crippen LogP contribution in [0.2, 0.25) is 0 Å². The van der Waals surface area contributed by atoms with Gasteiger partial charge in [-0.2, -0.15) is 23.4 Å². The Bertz CT molecular complexity index is 1600. The summed E-state index contributed by atoms with van der Waals surface area (Å²) in [6.07, 6.45) is -1.70. The van der Waals surface area contributed by atoms with Gasteiger partial charge in [0.1, 0.15) is 5.56 Å². The zero-order valence-electron chi connectivity index (χ0n) is 19.9. The average Bonchev–Trinajstić information content (AvgIpc) is 3.44. The van der Waals surface area contributed by atoms with E-state index in [-0.39, 0.29) is 23.4 Å². The SMILES string of the molecule is CCn1cc(CN(C)C(=O)c2cnn3c(C(F)(F)F)cc(-c4cccc5ccccc45)nc23)c(C)n1. The first-order valence-electron chi connectivity index (χ1n) is 11.4. The van der Waals surface area contributed by atoms with E-state index in [1.165, 1.54) is 4.90 Å². The lowest BCUT2D eigenvalue weighted by atomic mass is 10.0. The van der Waals surface area contributed by atoms with Crippen LogP contribution in [0.3, 0.4) is 0 Å². The average molecular weight is 493 g/mol. The normalized spacial score (nSPS) is 11.9. The molecule has 0 unspecified atom stereocenters. The molecule has 0 N–H and O–H groups in total. The van der Waals surface area contributed by atoms with E-state index >= 15 is 0 Å². The van der Waals surface area contributed by atoms with Crippen molar-refractivity contribution < 1.29 is 18.0 Å². The fourth-order valence-corrected chi connectivity index (χ4v) is 4.31. The molecule has 0 saturated heterocycles. The largest absolute Gasteiger partial charge is 0.433 e. The Morgan fingerprint density at radius 3 is 2.58 bits per heavy atom. The van der Waals surface area contributed by atoms with Crippen molar-refractivity contribution in [2.75, 3.05) is 7.05 Å². The number of hydrogen-bond acceptors (Lipinski definition) is 4. The van der Waals surface area contributed by atoms with Crippen LogP contribution < -0.4 is 0 Å².